The number of methoxy groups -OCH3 is 1. The van der Waals surface area contributed by atoms with Gasteiger partial charge in [0.1, 0.15) is 6.61 Å². The molecule has 0 saturated heterocycles. The van der Waals surface area contributed by atoms with Crippen molar-refractivity contribution in [1.82, 2.24) is 10.3 Å². The number of amides is 1. The first-order chi connectivity index (χ1) is 11.5. The third-order valence-corrected chi connectivity index (χ3v) is 3.60. The summed E-state index contributed by atoms with van der Waals surface area (Å²) < 4.78 is 11.2. The maximum Gasteiger partial charge on any atom is 0.237 e. The summed E-state index contributed by atoms with van der Waals surface area (Å²) in [6.07, 6.45) is 3.45. The second-order valence-electron chi connectivity index (χ2n) is 5.57. The highest BCUT2D eigenvalue weighted by Gasteiger charge is 2.15. The van der Waals surface area contributed by atoms with Crippen molar-refractivity contribution < 1.29 is 14.3 Å². The highest BCUT2D eigenvalue weighted by atomic mass is 35.5. The molecule has 6 nitrogen and oxygen atoms in total. The molecule has 0 radical (unpaired) electrons. The molecule has 1 heterocycles. The molecule has 0 saturated carbocycles. The van der Waals surface area contributed by atoms with E-state index in [0.29, 0.717) is 18.1 Å². The van der Waals surface area contributed by atoms with Crippen LogP contribution in [0.25, 0.3) is 0 Å². The Labute approximate surface area is 166 Å². The number of rotatable bonds is 7. The molecule has 0 aliphatic rings. The maximum atomic E-state index is 11.7. The van der Waals surface area contributed by atoms with E-state index in [2.05, 4.69) is 10.3 Å². The highest BCUT2D eigenvalue weighted by molar-refractivity contribution is 5.85. The van der Waals surface area contributed by atoms with Crippen molar-refractivity contribution in [2.75, 3.05) is 7.11 Å². The number of nitrogens with zero attached hydrogens (tertiary/aromatic N) is 1. The van der Waals surface area contributed by atoms with Crippen LogP contribution in [0.5, 0.6) is 11.5 Å². The van der Waals surface area contributed by atoms with E-state index in [0.717, 1.165) is 11.1 Å². The normalized spacial score (nSPS) is 12.0. The Bertz CT molecular complexity index is 685. The first kappa shape index (κ1) is 24.0. The number of nitrogens with one attached hydrogen (secondary N) is 1. The summed E-state index contributed by atoms with van der Waals surface area (Å²) in [4.78, 5) is 15.7. The van der Waals surface area contributed by atoms with Gasteiger partial charge in [-0.3, -0.25) is 9.78 Å². The van der Waals surface area contributed by atoms with Crippen LogP contribution in [0.15, 0.2) is 42.7 Å². The predicted octanol–water partition coefficient (Wildman–Crippen LogP) is 3.04. The number of nitrogens with two attached hydrogens (primary N) is 1. The number of hydrogen-bond donors (Lipinski definition) is 2. The van der Waals surface area contributed by atoms with E-state index in [-0.39, 0.29) is 36.8 Å². The van der Waals surface area contributed by atoms with E-state index in [9.17, 15) is 4.79 Å². The Balaban J connectivity index is 0.00000312. The SMILES string of the molecule is COc1cc(C(C)NC(=O)[C@@H](C)N)ccc1OCc1ccncc1.Cl.Cl. The van der Waals surface area contributed by atoms with Crippen LogP contribution in [0.4, 0.5) is 0 Å². The lowest BCUT2D eigenvalue weighted by Crippen LogP contribution is -2.39. The molecule has 0 spiro atoms. The van der Waals surface area contributed by atoms with Gasteiger partial charge in [0.05, 0.1) is 19.2 Å². The number of benzene rings is 1. The first-order valence-electron chi connectivity index (χ1n) is 7.77. The molecule has 2 rings (SSSR count). The minimum Gasteiger partial charge on any atom is -0.493 e. The van der Waals surface area contributed by atoms with Gasteiger partial charge >= 0.3 is 0 Å². The van der Waals surface area contributed by atoms with Gasteiger partial charge in [-0.15, -0.1) is 24.8 Å². The van der Waals surface area contributed by atoms with Gasteiger partial charge in [-0.1, -0.05) is 6.07 Å². The van der Waals surface area contributed by atoms with E-state index in [1.54, 1.807) is 26.4 Å². The monoisotopic (exact) mass is 401 g/mol. The molecule has 26 heavy (non-hydrogen) atoms. The van der Waals surface area contributed by atoms with E-state index < -0.39 is 6.04 Å². The Morgan fingerprint density at radius 2 is 1.81 bits per heavy atom. The van der Waals surface area contributed by atoms with E-state index in [4.69, 9.17) is 15.2 Å². The van der Waals surface area contributed by atoms with E-state index in [1.165, 1.54) is 0 Å². The molecule has 0 aliphatic carbocycles. The quantitative estimate of drug-likeness (QED) is 0.744. The van der Waals surface area contributed by atoms with Gasteiger partial charge in [-0.25, -0.2) is 0 Å². The summed E-state index contributed by atoms with van der Waals surface area (Å²) >= 11 is 0. The number of pyridine rings is 1. The lowest BCUT2D eigenvalue weighted by molar-refractivity contribution is -0.122. The van der Waals surface area contributed by atoms with Crippen LogP contribution in [0.3, 0.4) is 0 Å². The number of carbonyl (C=O) groups is 1. The van der Waals surface area contributed by atoms with Crippen molar-refractivity contribution in [3.8, 4) is 11.5 Å². The van der Waals surface area contributed by atoms with E-state index in [1.807, 2.05) is 37.3 Å². The smallest absolute Gasteiger partial charge is 0.237 e. The molecule has 0 aliphatic heterocycles. The number of aromatic nitrogens is 1. The average Bonchev–Trinajstić information content (AvgIpc) is 2.60. The van der Waals surface area contributed by atoms with Crippen LogP contribution >= 0.6 is 24.8 Å². The molecule has 2 atom stereocenters. The van der Waals surface area contributed by atoms with Crippen LogP contribution in [0, 0.1) is 0 Å². The van der Waals surface area contributed by atoms with Crippen molar-refractivity contribution in [2.45, 2.75) is 32.5 Å². The third kappa shape index (κ3) is 6.71. The van der Waals surface area contributed by atoms with Crippen molar-refractivity contribution in [3.05, 3.63) is 53.9 Å². The summed E-state index contributed by atoms with van der Waals surface area (Å²) in [7, 11) is 1.59. The highest BCUT2D eigenvalue weighted by Crippen LogP contribution is 2.31. The zero-order valence-electron chi connectivity index (χ0n) is 15.0. The fourth-order valence-electron chi connectivity index (χ4n) is 2.14. The molecular weight excluding hydrogens is 377 g/mol. The predicted molar refractivity (Wildman–Crippen MR) is 106 cm³/mol. The molecule has 144 valence electrons. The average molecular weight is 402 g/mol. The Morgan fingerprint density at radius 3 is 2.38 bits per heavy atom. The molecule has 1 aromatic heterocycles. The molecule has 1 unspecified atom stereocenters. The minimum absolute atomic E-state index is 0. The maximum absolute atomic E-state index is 11.7. The number of carbonyl (C=O) groups excluding carboxylic acids is 1. The minimum atomic E-state index is -0.544. The Morgan fingerprint density at radius 1 is 1.15 bits per heavy atom. The fraction of sp³-hybridized carbons (Fsp3) is 0.333. The van der Waals surface area contributed by atoms with Gasteiger partial charge in [-0.2, -0.15) is 0 Å². The molecule has 0 fully saturated rings. The van der Waals surface area contributed by atoms with Crippen molar-refractivity contribution in [1.29, 1.82) is 0 Å². The molecule has 8 heteroatoms. The molecule has 0 bridgehead atoms. The third-order valence-electron chi connectivity index (χ3n) is 3.60. The summed E-state index contributed by atoms with van der Waals surface area (Å²) in [6, 6.07) is 8.66. The fourth-order valence-corrected chi connectivity index (χ4v) is 2.14. The second-order valence-corrected chi connectivity index (χ2v) is 5.57. The van der Waals surface area contributed by atoms with Gasteiger partial charge in [-0.05, 0) is 49.2 Å². The molecular formula is C18H25Cl2N3O3. The largest absolute Gasteiger partial charge is 0.493 e. The standard InChI is InChI=1S/C18H23N3O3.2ClH/c1-12(19)18(22)21-13(2)15-4-5-16(17(10-15)23-3)24-11-14-6-8-20-9-7-14;;/h4-10,12-13H,11,19H2,1-3H3,(H,21,22);2*1H/t12-,13?;;/m1../s1. The van der Waals surface area contributed by atoms with Crippen molar-refractivity contribution >= 4 is 30.7 Å². The van der Waals surface area contributed by atoms with E-state index >= 15 is 0 Å². The molecule has 1 aromatic carbocycles. The van der Waals surface area contributed by atoms with Gasteiger partial charge < -0.3 is 20.5 Å². The first-order valence-corrected chi connectivity index (χ1v) is 7.77. The van der Waals surface area contributed by atoms with Crippen LogP contribution in [0.1, 0.15) is 31.0 Å². The lowest BCUT2D eigenvalue weighted by atomic mass is 10.1. The topological polar surface area (TPSA) is 86.5 Å². The van der Waals surface area contributed by atoms with Gasteiger partial charge in [0.15, 0.2) is 11.5 Å². The zero-order chi connectivity index (χ0) is 17.5. The zero-order valence-corrected chi connectivity index (χ0v) is 16.6. The lowest BCUT2D eigenvalue weighted by Gasteiger charge is -2.18. The van der Waals surface area contributed by atoms with Gasteiger partial charge in [0.2, 0.25) is 5.91 Å². The molecule has 2 aromatic rings. The number of halogens is 2. The van der Waals surface area contributed by atoms with Crippen LogP contribution in [-0.4, -0.2) is 24.0 Å². The van der Waals surface area contributed by atoms with Crippen LogP contribution in [-0.2, 0) is 11.4 Å². The summed E-state index contributed by atoms with van der Waals surface area (Å²) in [5.41, 5.74) is 7.51. The summed E-state index contributed by atoms with van der Waals surface area (Å²) in [5.74, 6) is 1.06. The Kier molecular flexibility index (Phi) is 10.7. The molecule has 1 amide bonds. The van der Waals surface area contributed by atoms with Crippen molar-refractivity contribution in [2.24, 2.45) is 5.73 Å². The second kappa shape index (κ2) is 11.6. The van der Waals surface area contributed by atoms with Gasteiger partial charge in [0, 0.05) is 12.4 Å². The number of hydrogen-bond acceptors (Lipinski definition) is 5. The van der Waals surface area contributed by atoms with Gasteiger partial charge in [0.25, 0.3) is 0 Å². The molecule has 3 N–H and O–H groups in total. The number of ether oxygens (including phenoxy) is 2. The summed E-state index contributed by atoms with van der Waals surface area (Å²) in [6.45, 7) is 3.97. The van der Waals surface area contributed by atoms with Crippen LogP contribution in [0.2, 0.25) is 0 Å². The van der Waals surface area contributed by atoms with Crippen LogP contribution < -0.4 is 20.5 Å². The summed E-state index contributed by atoms with van der Waals surface area (Å²) in [5, 5.41) is 2.86. The Hall–Kier alpha value is -2.02. The van der Waals surface area contributed by atoms with Crippen molar-refractivity contribution in [3.63, 3.8) is 0 Å².